The lowest BCUT2D eigenvalue weighted by molar-refractivity contribution is 0.0455. The molecule has 0 aliphatic heterocycles. The number of hydrogen-bond donors (Lipinski definition) is 2. The Balaban J connectivity index is 2.06. The van der Waals surface area contributed by atoms with Gasteiger partial charge in [-0.1, -0.05) is 18.9 Å². The minimum Gasteiger partial charge on any atom is -0.374 e. The summed E-state index contributed by atoms with van der Waals surface area (Å²) in [7, 11) is 0. The maximum absolute atomic E-state index is 13.3. The number of benzene rings is 1. The first-order valence-corrected chi connectivity index (χ1v) is 6.67. The highest BCUT2D eigenvalue weighted by Gasteiger charge is 2.15. The predicted molar refractivity (Wildman–Crippen MR) is 76.8 cm³/mol. The molecule has 1 aromatic carbocycles. The van der Waals surface area contributed by atoms with Crippen LogP contribution in [0.15, 0.2) is 28.4 Å². The highest BCUT2D eigenvalue weighted by Crippen LogP contribution is 2.22. The summed E-state index contributed by atoms with van der Waals surface area (Å²) in [6, 6.07) is 4.45. The Labute approximate surface area is 117 Å². The van der Waals surface area contributed by atoms with Gasteiger partial charge in [0.05, 0.1) is 18.9 Å². The van der Waals surface area contributed by atoms with Gasteiger partial charge >= 0.3 is 0 Å². The van der Waals surface area contributed by atoms with Gasteiger partial charge in [0.25, 0.3) is 0 Å². The van der Waals surface area contributed by atoms with E-state index in [1.807, 2.05) is 0 Å². The molecule has 6 heteroatoms. The van der Waals surface area contributed by atoms with E-state index in [0.717, 1.165) is 24.0 Å². The molecule has 0 amide bonds. The van der Waals surface area contributed by atoms with E-state index in [1.54, 1.807) is 6.07 Å². The Morgan fingerprint density at radius 3 is 2.80 bits per heavy atom. The summed E-state index contributed by atoms with van der Waals surface area (Å²) >= 11 is 0. The van der Waals surface area contributed by atoms with Crippen LogP contribution >= 0.6 is 0 Å². The topological polar surface area (TPSA) is 86.0 Å². The van der Waals surface area contributed by atoms with Crippen molar-refractivity contribution in [3.05, 3.63) is 35.1 Å². The Kier molecular flexibility index (Phi) is 5.06. The number of ether oxygens (including phenoxy) is 1. The van der Waals surface area contributed by atoms with Gasteiger partial charge in [0.15, 0.2) is 0 Å². The summed E-state index contributed by atoms with van der Waals surface area (Å²) in [6.45, 7) is 0.367. The van der Waals surface area contributed by atoms with Crippen molar-refractivity contribution in [2.75, 3.05) is 0 Å². The lowest BCUT2D eigenvalue weighted by Gasteiger charge is -2.12. The molecule has 1 aromatic rings. The molecule has 0 heterocycles. The molecular weight excluding hydrogens is 259 g/mol. The van der Waals surface area contributed by atoms with E-state index >= 15 is 0 Å². The standard InChI is InChI=1S/C14H19FN4O/c15-12-6-5-10(8-18-19-14(16)17)11(7-12)9-20-13-3-1-2-4-13/h5-8,13H,1-4,9H2,(H4,16,17,19). The van der Waals surface area contributed by atoms with Gasteiger partial charge in [-0.25, -0.2) is 4.39 Å². The fourth-order valence-electron chi connectivity index (χ4n) is 2.25. The lowest BCUT2D eigenvalue weighted by atomic mass is 10.1. The number of rotatable bonds is 5. The quantitative estimate of drug-likeness (QED) is 0.490. The molecule has 108 valence electrons. The minimum absolute atomic E-state index is 0.118. The fraction of sp³-hybridized carbons (Fsp3) is 0.429. The third kappa shape index (κ3) is 4.31. The maximum atomic E-state index is 13.3. The van der Waals surface area contributed by atoms with Gasteiger partial charge in [0.2, 0.25) is 5.96 Å². The summed E-state index contributed by atoms with van der Waals surface area (Å²) in [5, 5.41) is 7.27. The number of guanidine groups is 1. The molecule has 0 spiro atoms. The SMILES string of the molecule is NC(N)=NN=Cc1ccc(F)cc1COC1CCCC1. The highest BCUT2D eigenvalue weighted by atomic mass is 19.1. The molecule has 0 atom stereocenters. The first kappa shape index (κ1) is 14.5. The van der Waals surface area contributed by atoms with Crippen molar-refractivity contribution in [3.8, 4) is 0 Å². The molecule has 0 aromatic heterocycles. The highest BCUT2D eigenvalue weighted by molar-refractivity contribution is 5.83. The second kappa shape index (κ2) is 7.00. The number of nitrogens with two attached hydrogens (primary N) is 2. The van der Waals surface area contributed by atoms with Crippen molar-refractivity contribution in [1.29, 1.82) is 0 Å². The van der Waals surface area contributed by atoms with E-state index in [0.29, 0.717) is 6.61 Å². The van der Waals surface area contributed by atoms with Crippen molar-refractivity contribution < 1.29 is 9.13 Å². The molecule has 0 bridgehead atoms. The van der Waals surface area contributed by atoms with Crippen LogP contribution in [-0.4, -0.2) is 18.3 Å². The predicted octanol–water partition coefficient (Wildman–Crippen LogP) is 1.89. The van der Waals surface area contributed by atoms with E-state index in [2.05, 4.69) is 10.2 Å². The van der Waals surface area contributed by atoms with Crippen LogP contribution in [0.25, 0.3) is 0 Å². The van der Waals surface area contributed by atoms with Crippen molar-refractivity contribution in [2.24, 2.45) is 21.7 Å². The van der Waals surface area contributed by atoms with Crippen LogP contribution in [0.2, 0.25) is 0 Å². The van der Waals surface area contributed by atoms with Crippen LogP contribution < -0.4 is 11.5 Å². The van der Waals surface area contributed by atoms with E-state index in [1.165, 1.54) is 31.2 Å². The van der Waals surface area contributed by atoms with Crippen LogP contribution in [0.4, 0.5) is 4.39 Å². The largest absolute Gasteiger partial charge is 0.374 e. The Morgan fingerprint density at radius 2 is 2.10 bits per heavy atom. The minimum atomic E-state index is -0.297. The van der Waals surface area contributed by atoms with Gasteiger partial charge in [-0.15, -0.1) is 5.10 Å². The van der Waals surface area contributed by atoms with Crippen LogP contribution in [0.5, 0.6) is 0 Å². The molecule has 4 N–H and O–H groups in total. The van der Waals surface area contributed by atoms with E-state index in [4.69, 9.17) is 16.2 Å². The summed E-state index contributed by atoms with van der Waals surface area (Å²) in [4.78, 5) is 0. The van der Waals surface area contributed by atoms with Crippen LogP contribution in [-0.2, 0) is 11.3 Å². The van der Waals surface area contributed by atoms with Crippen molar-refractivity contribution in [1.82, 2.24) is 0 Å². The second-order valence-electron chi connectivity index (χ2n) is 4.83. The smallest absolute Gasteiger partial charge is 0.211 e. The maximum Gasteiger partial charge on any atom is 0.211 e. The summed E-state index contributed by atoms with van der Waals surface area (Å²) < 4.78 is 19.1. The summed E-state index contributed by atoms with van der Waals surface area (Å²) in [5.41, 5.74) is 11.9. The lowest BCUT2D eigenvalue weighted by Crippen LogP contribution is -2.21. The molecule has 2 rings (SSSR count). The zero-order chi connectivity index (χ0) is 14.4. The first-order chi connectivity index (χ1) is 9.65. The second-order valence-corrected chi connectivity index (χ2v) is 4.83. The fourth-order valence-corrected chi connectivity index (χ4v) is 2.25. The third-order valence-electron chi connectivity index (χ3n) is 3.25. The first-order valence-electron chi connectivity index (χ1n) is 6.67. The number of nitrogens with zero attached hydrogens (tertiary/aromatic N) is 2. The van der Waals surface area contributed by atoms with Crippen LogP contribution in [0.1, 0.15) is 36.8 Å². The molecule has 20 heavy (non-hydrogen) atoms. The van der Waals surface area contributed by atoms with Crippen molar-refractivity contribution in [2.45, 2.75) is 38.4 Å². The number of halogens is 1. The molecule has 1 aliphatic carbocycles. The Bertz CT molecular complexity index is 506. The van der Waals surface area contributed by atoms with Crippen molar-refractivity contribution in [3.63, 3.8) is 0 Å². The van der Waals surface area contributed by atoms with E-state index in [9.17, 15) is 4.39 Å². The van der Waals surface area contributed by atoms with E-state index in [-0.39, 0.29) is 17.9 Å². The molecule has 1 saturated carbocycles. The van der Waals surface area contributed by atoms with Gasteiger partial charge in [0, 0.05) is 5.56 Å². The average molecular weight is 278 g/mol. The summed E-state index contributed by atoms with van der Waals surface area (Å²) in [6.07, 6.45) is 6.33. The monoisotopic (exact) mass is 278 g/mol. The molecule has 1 fully saturated rings. The Hall–Kier alpha value is -1.95. The third-order valence-corrected chi connectivity index (χ3v) is 3.25. The van der Waals surface area contributed by atoms with Gasteiger partial charge in [-0.3, -0.25) is 0 Å². The molecule has 1 aliphatic rings. The zero-order valence-corrected chi connectivity index (χ0v) is 11.3. The van der Waals surface area contributed by atoms with Crippen molar-refractivity contribution >= 4 is 12.2 Å². The van der Waals surface area contributed by atoms with Gasteiger partial charge in [0.1, 0.15) is 5.82 Å². The van der Waals surface area contributed by atoms with Gasteiger partial charge in [-0.05, 0) is 30.5 Å². The van der Waals surface area contributed by atoms with Gasteiger partial charge in [-0.2, -0.15) is 5.10 Å². The molecular formula is C14H19FN4O. The molecule has 0 radical (unpaired) electrons. The van der Waals surface area contributed by atoms with Crippen LogP contribution in [0, 0.1) is 5.82 Å². The number of hydrogen-bond acceptors (Lipinski definition) is 3. The zero-order valence-electron chi connectivity index (χ0n) is 11.3. The van der Waals surface area contributed by atoms with Crippen LogP contribution in [0.3, 0.4) is 0 Å². The van der Waals surface area contributed by atoms with E-state index < -0.39 is 0 Å². The average Bonchev–Trinajstić information content (AvgIpc) is 2.91. The molecule has 0 saturated heterocycles. The molecule has 5 nitrogen and oxygen atoms in total. The Morgan fingerprint density at radius 1 is 1.35 bits per heavy atom. The normalized spacial score (nSPS) is 15.8. The molecule has 0 unspecified atom stereocenters. The van der Waals surface area contributed by atoms with Gasteiger partial charge < -0.3 is 16.2 Å². The summed E-state index contributed by atoms with van der Waals surface area (Å²) in [5.74, 6) is -0.416.